The average Bonchev–Trinajstić information content (AvgIpc) is 3.43. The van der Waals surface area contributed by atoms with Crippen LogP contribution < -0.4 is 20.3 Å². The predicted molar refractivity (Wildman–Crippen MR) is 162 cm³/mol. The zero-order valence-corrected chi connectivity index (χ0v) is 24.2. The first-order valence-corrected chi connectivity index (χ1v) is 13.5. The van der Waals surface area contributed by atoms with Crippen LogP contribution in [0.4, 0.5) is 11.4 Å². The third-order valence-corrected chi connectivity index (χ3v) is 7.67. The highest BCUT2D eigenvalue weighted by atomic mass is 32.1. The van der Waals surface area contributed by atoms with Crippen LogP contribution in [0.25, 0.3) is 5.69 Å². The van der Waals surface area contributed by atoms with Gasteiger partial charge in [-0.15, -0.1) is 0 Å². The van der Waals surface area contributed by atoms with Crippen molar-refractivity contribution in [3.63, 3.8) is 0 Å². The summed E-state index contributed by atoms with van der Waals surface area (Å²) >= 11 is 5.91. The van der Waals surface area contributed by atoms with Crippen molar-refractivity contribution in [2.75, 3.05) is 17.3 Å². The number of methoxy groups -OCH3 is 1. The quantitative estimate of drug-likeness (QED) is 0.246. The summed E-state index contributed by atoms with van der Waals surface area (Å²) in [7, 11) is 1.55. The Hall–Kier alpha value is -4.70. The first kappa shape index (κ1) is 27.9. The summed E-state index contributed by atoms with van der Waals surface area (Å²) in [6.45, 7) is 7.45. The van der Waals surface area contributed by atoms with E-state index in [1.807, 2.05) is 62.1 Å². The third-order valence-electron chi connectivity index (χ3n) is 7.36. The van der Waals surface area contributed by atoms with E-state index in [1.54, 1.807) is 31.5 Å². The summed E-state index contributed by atoms with van der Waals surface area (Å²) < 4.78 is 7.57. The van der Waals surface area contributed by atoms with Gasteiger partial charge in [0, 0.05) is 35.9 Å². The minimum atomic E-state index is -0.977. The molecule has 0 saturated carbocycles. The molecule has 210 valence electrons. The summed E-state index contributed by atoms with van der Waals surface area (Å²) in [4.78, 5) is 30.4. The summed E-state index contributed by atoms with van der Waals surface area (Å²) in [6, 6.07) is 18.0. The first-order chi connectivity index (χ1) is 19.6. The lowest BCUT2D eigenvalue weighted by Gasteiger charge is -2.29. The van der Waals surface area contributed by atoms with Crippen LogP contribution in [0, 0.1) is 20.8 Å². The minimum Gasteiger partial charge on any atom is -0.495 e. The van der Waals surface area contributed by atoms with Gasteiger partial charge in [-0.1, -0.05) is 12.1 Å². The second-order valence-electron chi connectivity index (χ2n) is 10.0. The van der Waals surface area contributed by atoms with Crippen molar-refractivity contribution in [3.05, 3.63) is 101 Å². The van der Waals surface area contributed by atoms with Gasteiger partial charge in [-0.2, -0.15) is 0 Å². The minimum absolute atomic E-state index is 0.215. The number of carboxylic acid groups (broad SMARTS) is 1. The van der Waals surface area contributed by atoms with Crippen molar-refractivity contribution in [3.8, 4) is 11.4 Å². The number of carboxylic acids is 1. The van der Waals surface area contributed by atoms with Crippen molar-refractivity contribution in [1.29, 1.82) is 0 Å². The summed E-state index contributed by atoms with van der Waals surface area (Å²) in [6.07, 6.45) is 1.76. The van der Waals surface area contributed by atoms with E-state index in [-0.39, 0.29) is 23.6 Å². The van der Waals surface area contributed by atoms with Gasteiger partial charge in [0.2, 0.25) is 5.91 Å². The van der Waals surface area contributed by atoms with Gasteiger partial charge in [0.25, 0.3) is 0 Å². The van der Waals surface area contributed by atoms with E-state index in [4.69, 9.17) is 17.0 Å². The van der Waals surface area contributed by atoms with Crippen LogP contribution in [0.2, 0.25) is 0 Å². The van der Waals surface area contributed by atoms with Gasteiger partial charge in [0.15, 0.2) is 5.11 Å². The molecule has 0 spiro atoms. The zero-order valence-electron chi connectivity index (χ0n) is 23.4. The van der Waals surface area contributed by atoms with Gasteiger partial charge in [0.05, 0.1) is 36.1 Å². The highest BCUT2D eigenvalue weighted by molar-refractivity contribution is 7.80. The van der Waals surface area contributed by atoms with E-state index in [0.717, 1.165) is 39.6 Å². The molecule has 2 aromatic heterocycles. The topological polar surface area (TPSA) is 109 Å². The highest BCUT2D eigenvalue weighted by Crippen LogP contribution is 2.45. The molecule has 2 atom stereocenters. The van der Waals surface area contributed by atoms with E-state index in [1.165, 1.54) is 6.92 Å². The number of aryl methyl sites for hydroxylation is 2. The van der Waals surface area contributed by atoms with Crippen LogP contribution in [0.3, 0.4) is 0 Å². The van der Waals surface area contributed by atoms with Gasteiger partial charge in [-0.05, 0) is 92.6 Å². The number of benzene rings is 2. The Morgan fingerprint density at radius 2 is 1.85 bits per heavy atom. The normalized spacial score (nSPS) is 16.4. The fraction of sp³-hybridized carbons (Fsp3) is 0.226. The second-order valence-corrected chi connectivity index (χ2v) is 10.4. The number of aromatic nitrogens is 2. The molecule has 5 rings (SSSR count). The number of pyridine rings is 1. The number of aromatic carboxylic acids is 1. The number of rotatable bonds is 7. The lowest BCUT2D eigenvalue weighted by Crippen LogP contribution is -2.29. The largest absolute Gasteiger partial charge is 0.495 e. The maximum Gasteiger partial charge on any atom is 0.335 e. The lowest BCUT2D eigenvalue weighted by molar-refractivity contribution is -0.114. The van der Waals surface area contributed by atoms with Gasteiger partial charge < -0.3 is 29.9 Å². The molecule has 2 aromatic carbocycles. The van der Waals surface area contributed by atoms with Crippen molar-refractivity contribution < 1.29 is 19.4 Å². The molecule has 1 aliphatic rings. The van der Waals surface area contributed by atoms with Gasteiger partial charge in [-0.25, -0.2) is 4.79 Å². The highest BCUT2D eigenvalue weighted by Gasteiger charge is 2.42. The number of nitrogens with zero attached hydrogens (tertiary/aromatic N) is 3. The molecule has 9 nitrogen and oxygen atoms in total. The van der Waals surface area contributed by atoms with Crippen LogP contribution in [0.15, 0.2) is 66.9 Å². The van der Waals surface area contributed by atoms with Crippen molar-refractivity contribution >= 4 is 40.6 Å². The second kappa shape index (κ2) is 11.1. The SMILES string of the molecule is COc1ccc(N2C(=S)N[C@@H](c3ccccn3)[C@H]2c2cc(C)n(-c3cc(C(=O)O)ccc3C)c2C)cc1NC(C)=O. The van der Waals surface area contributed by atoms with Crippen molar-refractivity contribution in [2.24, 2.45) is 0 Å². The number of nitrogens with one attached hydrogen (secondary N) is 2. The summed E-state index contributed by atoms with van der Waals surface area (Å²) in [5.41, 5.74) is 7.01. The predicted octanol–water partition coefficient (Wildman–Crippen LogP) is 5.64. The molecule has 3 N–H and O–H groups in total. The maximum absolute atomic E-state index is 11.9. The average molecular weight is 570 g/mol. The van der Waals surface area contributed by atoms with Crippen LogP contribution in [0.5, 0.6) is 5.75 Å². The number of carbonyl (C=O) groups excluding carboxylic acids is 1. The molecule has 10 heteroatoms. The molecule has 3 heterocycles. The molecule has 1 fully saturated rings. The standard InChI is InChI=1S/C31H31N5O4S/c1-17-9-10-21(30(38)39)15-26(17)35-18(2)14-23(19(35)3)29-28(24-8-6-7-13-32-24)34-31(41)36(29)22-11-12-27(40-5)25(16-22)33-20(4)37/h6-16,28-29H,1-5H3,(H,33,37)(H,34,41)(H,38,39)/t28-,29+/m0/s1. The van der Waals surface area contributed by atoms with E-state index in [9.17, 15) is 14.7 Å². The Morgan fingerprint density at radius 1 is 1.07 bits per heavy atom. The van der Waals surface area contributed by atoms with Gasteiger partial charge in [-0.3, -0.25) is 9.78 Å². The fourth-order valence-electron chi connectivity index (χ4n) is 5.52. The number of ether oxygens (including phenoxy) is 1. The molecule has 41 heavy (non-hydrogen) atoms. The number of anilines is 2. The third kappa shape index (κ3) is 5.14. The number of amides is 1. The number of thiocarbonyl (C=S) groups is 1. The van der Waals surface area contributed by atoms with E-state index >= 15 is 0 Å². The fourth-order valence-corrected chi connectivity index (χ4v) is 5.87. The zero-order chi connectivity index (χ0) is 29.4. The Bertz CT molecular complexity index is 1670. The van der Waals surface area contributed by atoms with E-state index in [2.05, 4.69) is 26.3 Å². The van der Waals surface area contributed by atoms with Gasteiger partial charge >= 0.3 is 5.97 Å². The Kier molecular flexibility index (Phi) is 7.51. The summed E-state index contributed by atoms with van der Waals surface area (Å²) in [5, 5.41) is 16.5. The van der Waals surface area contributed by atoms with Crippen molar-refractivity contribution in [2.45, 2.75) is 39.8 Å². The number of carbonyl (C=O) groups is 2. The molecule has 4 aromatic rings. The van der Waals surface area contributed by atoms with Crippen molar-refractivity contribution in [1.82, 2.24) is 14.9 Å². The molecule has 0 bridgehead atoms. The molecular formula is C31H31N5O4S. The molecule has 0 radical (unpaired) electrons. The Morgan fingerprint density at radius 3 is 2.51 bits per heavy atom. The molecule has 0 aliphatic carbocycles. The number of hydrogen-bond donors (Lipinski definition) is 3. The molecule has 1 saturated heterocycles. The molecule has 1 amide bonds. The Balaban J connectivity index is 1.70. The smallest absolute Gasteiger partial charge is 0.335 e. The first-order valence-electron chi connectivity index (χ1n) is 13.1. The molecule has 1 aliphatic heterocycles. The van der Waals surface area contributed by atoms with Crippen LogP contribution in [-0.4, -0.2) is 38.8 Å². The van der Waals surface area contributed by atoms with E-state index in [0.29, 0.717) is 16.5 Å². The molecular weight excluding hydrogens is 538 g/mol. The van der Waals surface area contributed by atoms with Crippen LogP contribution >= 0.6 is 12.2 Å². The van der Waals surface area contributed by atoms with Crippen LogP contribution in [0.1, 0.15) is 57.6 Å². The summed E-state index contributed by atoms with van der Waals surface area (Å²) in [5.74, 6) is -0.657. The van der Waals surface area contributed by atoms with E-state index < -0.39 is 5.97 Å². The number of hydrogen-bond acceptors (Lipinski definition) is 5. The maximum atomic E-state index is 11.9. The Labute approximate surface area is 243 Å². The van der Waals surface area contributed by atoms with Gasteiger partial charge in [0.1, 0.15) is 5.75 Å². The lowest BCUT2D eigenvalue weighted by atomic mass is 9.96. The monoisotopic (exact) mass is 569 g/mol. The molecule has 0 unspecified atom stereocenters. The van der Waals surface area contributed by atoms with Crippen LogP contribution in [-0.2, 0) is 4.79 Å².